The minimum absolute atomic E-state index is 0.00866. The second kappa shape index (κ2) is 4.02. The second-order valence-electron chi connectivity index (χ2n) is 3.21. The highest BCUT2D eigenvalue weighted by Gasteiger charge is 2.20. The molecule has 0 radical (unpaired) electrons. The molecule has 15 heavy (non-hydrogen) atoms. The molecule has 0 heterocycles. The summed E-state index contributed by atoms with van der Waals surface area (Å²) in [7, 11) is -2.19. The first-order valence-corrected chi connectivity index (χ1v) is 6.15. The Morgan fingerprint density at radius 1 is 1.33 bits per heavy atom. The molecule has 5 heteroatoms. The zero-order valence-electron chi connectivity index (χ0n) is 8.77. The maximum atomic E-state index is 11.4. The van der Waals surface area contributed by atoms with Gasteiger partial charge in [-0.2, -0.15) is 0 Å². The average molecular weight is 228 g/mol. The summed E-state index contributed by atoms with van der Waals surface area (Å²) < 4.78 is 27.4. The number of hydrogen-bond acceptors (Lipinski definition) is 4. The lowest BCUT2D eigenvalue weighted by molar-refractivity contribution is 0.0595. The van der Waals surface area contributed by atoms with Crippen molar-refractivity contribution >= 4 is 15.8 Å². The van der Waals surface area contributed by atoms with Gasteiger partial charge in [0.25, 0.3) is 0 Å². The van der Waals surface area contributed by atoms with Crippen LogP contribution in [-0.2, 0) is 14.6 Å². The zero-order valence-corrected chi connectivity index (χ0v) is 9.59. The number of carbonyl (C=O) groups excluding carboxylic acids is 1. The fraction of sp³-hybridized carbons (Fsp3) is 0.300. The molecule has 1 aromatic rings. The van der Waals surface area contributed by atoms with E-state index in [1.54, 1.807) is 19.1 Å². The number of carbonyl (C=O) groups is 1. The highest BCUT2D eigenvalue weighted by atomic mass is 32.2. The highest BCUT2D eigenvalue weighted by Crippen LogP contribution is 2.20. The average Bonchev–Trinajstić information content (AvgIpc) is 2.15. The number of aryl methyl sites for hydroxylation is 1. The standard InChI is InChI=1S/C10H12O4S/c1-7-5-4-6-8(15(3,12)13)9(7)10(11)14-2/h4-6H,1-3H3. The monoisotopic (exact) mass is 228 g/mol. The van der Waals surface area contributed by atoms with Crippen LogP contribution in [0.4, 0.5) is 0 Å². The van der Waals surface area contributed by atoms with Crippen molar-refractivity contribution < 1.29 is 17.9 Å². The van der Waals surface area contributed by atoms with Crippen LogP contribution in [0.25, 0.3) is 0 Å². The van der Waals surface area contributed by atoms with E-state index in [2.05, 4.69) is 4.74 Å². The Bertz CT molecular complexity index is 488. The van der Waals surface area contributed by atoms with Crippen LogP contribution in [-0.4, -0.2) is 27.8 Å². The molecule has 0 amide bonds. The van der Waals surface area contributed by atoms with Gasteiger partial charge in [0.05, 0.1) is 17.6 Å². The van der Waals surface area contributed by atoms with Crippen LogP contribution in [0.1, 0.15) is 15.9 Å². The first-order chi connectivity index (χ1) is 6.88. The van der Waals surface area contributed by atoms with Gasteiger partial charge in [-0.1, -0.05) is 12.1 Å². The van der Waals surface area contributed by atoms with Crippen molar-refractivity contribution in [1.82, 2.24) is 0 Å². The highest BCUT2D eigenvalue weighted by molar-refractivity contribution is 7.90. The van der Waals surface area contributed by atoms with Gasteiger partial charge in [-0.05, 0) is 18.6 Å². The number of sulfone groups is 1. The largest absolute Gasteiger partial charge is 0.465 e. The van der Waals surface area contributed by atoms with Gasteiger partial charge in [-0.25, -0.2) is 13.2 Å². The molecule has 0 aromatic heterocycles. The van der Waals surface area contributed by atoms with Crippen LogP contribution in [0.2, 0.25) is 0 Å². The number of benzene rings is 1. The molecule has 1 rings (SSSR count). The van der Waals surface area contributed by atoms with E-state index in [1.807, 2.05) is 0 Å². The van der Waals surface area contributed by atoms with Gasteiger partial charge in [0.1, 0.15) is 0 Å². The van der Waals surface area contributed by atoms with Gasteiger partial charge in [0, 0.05) is 6.26 Å². The van der Waals surface area contributed by atoms with Crippen LogP contribution in [0, 0.1) is 6.92 Å². The Balaban J connectivity index is 3.54. The lowest BCUT2D eigenvalue weighted by Crippen LogP contribution is -2.11. The predicted molar refractivity (Wildman–Crippen MR) is 55.6 cm³/mol. The molecule has 0 fully saturated rings. The molecule has 82 valence electrons. The van der Waals surface area contributed by atoms with Crippen molar-refractivity contribution in [2.45, 2.75) is 11.8 Å². The number of ether oxygens (including phenoxy) is 1. The first-order valence-electron chi connectivity index (χ1n) is 4.26. The molecule has 1 aromatic carbocycles. The maximum Gasteiger partial charge on any atom is 0.339 e. The number of rotatable bonds is 2. The molecule has 0 aliphatic heterocycles. The molecule has 0 bridgehead atoms. The molecular formula is C10H12O4S. The molecule has 0 saturated heterocycles. The van der Waals surface area contributed by atoms with Crippen LogP contribution in [0.15, 0.2) is 23.1 Å². The molecule has 0 aliphatic carbocycles. The summed E-state index contributed by atoms with van der Waals surface area (Å²) in [5.74, 6) is -0.631. The third-order valence-corrected chi connectivity index (χ3v) is 3.16. The Morgan fingerprint density at radius 2 is 1.93 bits per heavy atom. The Hall–Kier alpha value is -1.36. The van der Waals surface area contributed by atoms with Crippen LogP contribution in [0.3, 0.4) is 0 Å². The Kier molecular flexibility index (Phi) is 3.14. The second-order valence-corrected chi connectivity index (χ2v) is 5.20. The van der Waals surface area contributed by atoms with E-state index in [1.165, 1.54) is 13.2 Å². The summed E-state index contributed by atoms with van der Waals surface area (Å²) in [5.41, 5.74) is 0.701. The summed E-state index contributed by atoms with van der Waals surface area (Å²) in [6.45, 7) is 1.67. The Labute approximate surface area is 88.8 Å². The predicted octanol–water partition coefficient (Wildman–Crippen LogP) is 1.19. The Morgan fingerprint density at radius 3 is 2.40 bits per heavy atom. The van der Waals surface area contributed by atoms with Crippen molar-refractivity contribution in [1.29, 1.82) is 0 Å². The molecule has 0 spiro atoms. The zero-order chi connectivity index (χ0) is 11.6. The smallest absolute Gasteiger partial charge is 0.339 e. The number of methoxy groups -OCH3 is 1. The van der Waals surface area contributed by atoms with Crippen molar-refractivity contribution in [3.8, 4) is 0 Å². The van der Waals surface area contributed by atoms with Gasteiger partial charge < -0.3 is 4.74 Å². The lowest BCUT2D eigenvalue weighted by Gasteiger charge is -2.08. The van der Waals surface area contributed by atoms with Gasteiger partial charge in [0.2, 0.25) is 0 Å². The summed E-state index contributed by atoms with van der Waals surface area (Å²) >= 11 is 0. The van der Waals surface area contributed by atoms with E-state index in [-0.39, 0.29) is 10.5 Å². The summed E-state index contributed by atoms with van der Waals surface area (Å²) in [6.07, 6.45) is 1.06. The molecule has 0 unspecified atom stereocenters. The van der Waals surface area contributed by atoms with E-state index in [0.29, 0.717) is 5.56 Å². The third-order valence-electron chi connectivity index (χ3n) is 2.02. The quantitative estimate of drug-likeness (QED) is 0.713. The van der Waals surface area contributed by atoms with E-state index in [0.717, 1.165) is 6.26 Å². The fourth-order valence-electron chi connectivity index (χ4n) is 1.31. The SMILES string of the molecule is COC(=O)c1c(C)cccc1S(C)(=O)=O. The van der Waals surface area contributed by atoms with Crippen molar-refractivity contribution in [2.75, 3.05) is 13.4 Å². The van der Waals surface area contributed by atoms with E-state index in [9.17, 15) is 13.2 Å². The maximum absolute atomic E-state index is 11.4. The molecule has 0 saturated carbocycles. The topological polar surface area (TPSA) is 60.4 Å². The third kappa shape index (κ3) is 2.36. The minimum Gasteiger partial charge on any atom is -0.465 e. The van der Waals surface area contributed by atoms with Gasteiger partial charge in [-0.3, -0.25) is 0 Å². The van der Waals surface area contributed by atoms with E-state index < -0.39 is 15.8 Å². The molecule has 0 atom stereocenters. The van der Waals surface area contributed by atoms with Crippen LogP contribution < -0.4 is 0 Å². The van der Waals surface area contributed by atoms with E-state index >= 15 is 0 Å². The molecule has 0 aliphatic rings. The van der Waals surface area contributed by atoms with E-state index in [4.69, 9.17) is 0 Å². The van der Waals surface area contributed by atoms with Crippen molar-refractivity contribution in [3.05, 3.63) is 29.3 Å². The molecule has 0 N–H and O–H groups in total. The number of esters is 1. The summed E-state index contributed by atoms with van der Waals surface area (Å²) in [5, 5.41) is 0. The first kappa shape index (κ1) is 11.7. The van der Waals surface area contributed by atoms with Crippen molar-refractivity contribution in [2.24, 2.45) is 0 Å². The van der Waals surface area contributed by atoms with Gasteiger partial charge in [0.15, 0.2) is 9.84 Å². The molecular weight excluding hydrogens is 216 g/mol. The van der Waals surface area contributed by atoms with Crippen LogP contribution in [0.5, 0.6) is 0 Å². The normalized spacial score (nSPS) is 11.1. The summed E-state index contributed by atoms with van der Waals surface area (Å²) in [4.78, 5) is 11.4. The lowest BCUT2D eigenvalue weighted by atomic mass is 10.1. The van der Waals surface area contributed by atoms with Gasteiger partial charge in [-0.15, -0.1) is 0 Å². The van der Waals surface area contributed by atoms with Crippen LogP contribution >= 0.6 is 0 Å². The minimum atomic E-state index is -3.41. The molecule has 4 nitrogen and oxygen atoms in total. The van der Waals surface area contributed by atoms with Gasteiger partial charge >= 0.3 is 5.97 Å². The van der Waals surface area contributed by atoms with Crippen molar-refractivity contribution in [3.63, 3.8) is 0 Å². The fourth-order valence-corrected chi connectivity index (χ4v) is 2.25. The number of hydrogen-bond donors (Lipinski definition) is 0. The summed E-state index contributed by atoms with van der Waals surface area (Å²) in [6, 6.07) is 4.66.